The summed E-state index contributed by atoms with van der Waals surface area (Å²) in [5, 5.41) is 40.3. The maximum atomic E-state index is 11.6. The van der Waals surface area contributed by atoms with Crippen LogP contribution in [0.4, 0.5) is 134 Å². The lowest BCUT2D eigenvalue weighted by Gasteiger charge is -2.17. The molecule has 134 heavy (non-hydrogen) atoms. The van der Waals surface area contributed by atoms with Crippen molar-refractivity contribution in [2.24, 2.45) is 16.0 Å². The third kappa shape index (κ3) is 35.9. The fourth-order valence-electron chi connectivity index (χ4n) is 11.6. The van der Waals surface area contributed by atoms with E-state index >= 15 is 0 Å². The van der Waals surface area contributed by atoms with Gasteiger partial charge in [0.1, 0.15) is 46.5 Å². The smallest absolute Gasteiger partial charge is 0.248 e. The number of nitrogen functional groups attached to an aromatic ring is 7. The van der Waals surface area contributed by atoms with E-state index in [1.54, 1.807) is 135 Å². The summed E-state index contributed by atoms with van der Waals surface area (Å²) in [7, 11) is -10.8. The lowest BCUT2D eigenvalue weighted by atomic mass is 10.1. The van der Waals surface area contributed by atoms with Crippen LogP contribution in [-0.4, -0.2) is 137 Å². The van der Waals surface area contributed by atoms with Crippen molar-refractivity contribution < 1.29 is 44.7 Å². The molecule has 0 saturated carbocycles. The first-order chi connectivity index (χ1) is 60.4. The van der Waals surface area contributed by atoms with Gasteiger partial charge in [-0.3, -0.25) is 14.4 Å². The number of nitrogens with two attached hydrogens (primary N) is 10. The highest BCUT2D eigenvalue weighted by Gasteiger charge is 2.24. The molecule has 9 heterocycles. The first-order valence-electron chi connectivity index (χ1n) is 37.5. The van der Waals surface area contributed by atoms with Crippen molar-refractivity contribution in [2.75, 3.05) is 106 Å². The highest BCUT2D eigenvalue weighted by atomic mass is 35.5. The molecule has 2 aliphatic heterocycles. The van der Waals surface area contributed by atoms with Gasteiger partial charge in [0.15, 0.2) is 9.84 Å². The van der Waals surface area contributed by atoms with Crippen molar-refractivity contribution in [3.05, 3.63) is 260 Å². The number of halogens is 7. The number of fused-ring (bicyclic) bond motifs is 2. The molecule has 0 bridgehead atoms. The number of primary sulfonamides is 2. The molecule has 2 aliphatic rings. The third-order valence-corrected chi connectivity index (χ3v) is 20.0. The van der Waals surface area contributed by atoms with Crippen LogP contribution in [0.2, 0.25) is 0 Å². The summed E-state index contributed by atoms with van der Waals surface area (Å²) in [6.07, 6.45) is 12.5. The van der Waals surface area contributed by atoms with E-state index in [4.69, 9.17) is 56.1 Å². The van der Waals surface area contributed by atoms with E-state index in [1.807, 2.05) is 42.5 Å². The molecule has 0 radical (unpaired) electrons. The Morgan fingerprint density at radius 1 is 0.373 bits per heavy atom. The fourth-order valence-corrected chi connectivity index (χ4v) is 13.4. The van der Waals surface area contributed by atoms with E-state index < -0.39 is 35.8 Å². The lowest BCUT2D eigenvalue weighted by molar-refractivity contribution is -0.116. The maximum Gasteiger partial charge on any atom is 0.248 e. The number of para-hydroxylation sites is 1. The fraction of sp³-hybridized carbons (Fsp3) is 0.0988. The largest absolute Gasteiger partial charge is 0.506 e. The quantitative estimate of drug-likeness (QED) is 0.0355. The normalized spacial score (nSPS) is 10.9. The lowest BCUT2D eigenvalue weighted by Crippen LogP contribution is -2.25. The van der Waals surface area contributed by atoms with Gasteiger partial charge in [0.25, 0.3) is 0 Å². The molecule has 0 spiro atoms. The van der Waals surface area contributed by atoms with E-state index in [0.717, 1.165) is 60.8 Å². The molecule has 28 N–H and O–H groups in total. The maximum absolute atomic E-state index is 11.6. The predicted octanol–water partition coefficient (Wildman–Crippen LogP) is 11.2. The number of hydrogen-bond acceptors (Lipinski definition) is 38. The van der Waals surface area contributed by atoms with Crippen LogP contribution in [0.3, 0.4) is 0 Å². The summed E-state index contributed by atoms with van der Waals surface area (Å²) in [5.74, 6) is 4.56. The van der Waals surface area contributed by atoms with E-state index in [2.05, 4.69) is 130 Å². The Bertz CT molecular complexity index is 6650. The average molecular weight is 2030 g/mol. The second-order valence-corrected chi connectivity index (χ2v) is 32.0. The highest BCUT2D eigenvalue weighted by Crippen LogP contribution is 2.35. The monoisotopic (exact) mass is 2030 g/mol. The minimum Gasteiger partial charge on any atom is -0.506 e. The standard InChI is InChI=1S/C14H15N5O.C12H13N5O.C12H12N4.C11H13N5O2S.C11H11N5O.C11H12N4O2S.C10H11N5O3S.7ClH/c1-9(20)19-7-5-10-2-3-11(8-12(10)19)17-13-4-6-16-14(15)18-13;1-8(18)15-9-3-2-4-10(7-9)16-11-5-6-14-12(13)17-11;13-12-14-7-5-11(15-12)16-8-6-9-3-1-2-4-10(9)16;1-7-5-10(16-11(12)14-7)15-8-3-2-4-9(6-8)19(13,17)18;12-10(17)7-2-1-3-8(6-7)15-9-4-5-14-11(13)16-9;1-18(16,17)9-4-2-3-8(7-9)14-10-5-6-13-11(12)15-10;11-10-13-4-3-9(15-10)14-7-5-6(19(12,17)18)1-2-8(7)16;;;;;;;/h2-4,6,8H,5,7H2,1H3,(H3,15,16,17,18);2-7H,1H3,(H,15,18)(H3,13,14,16,17);1-5,7H,6,8H2,(H2,13,14,15);2-6H,1H3,(H2,13,17,18)(H3,12,14,15,16);1-6H,(H2,12,17)(H3,13,14,15,16);2-7H,1H3,(H3,12,13,14,15);1-5,16H,(H2,12,17,18)(H3,11,13,14,15);7*1H. The van der Waals surface area contributed by atoms with Crippen molar-refractivity contribution >= 4 is 268 Å². The molecular weight excluding hydrogens is 1940 g/mol. The Morgan fingerprint density at radius 2 is 0.769 bits per heavy atom. The Morgan fingerprint density at radius 3 is 1.23 bits per heavy atom. The van der Waals surface area contributed by atoms with E-state index in [-0.39, 0.29) is 160 Å². The Balaban J connectivity index is 0.000000399. The van der Waals surface area contributed by atoms with Crippen LogP contribution in [0, 0.1) is 6.92 Å². The number of phenols is 1. The van der Waals surface area contributed by atoms with Gasteiger partial charge in [0, 0.05) is 133 Å². The topological polar surface area (TPSA) is 705 Å². The SMILES string of the molecule is CC(=O)N1CCc2ccc(Nc3ccnc(N)n3)cc21.CC(=O)Nc1cccc(Nc2ccnc(N)n2)c1.CS(=O)(=O)c1cccc(Nc2ccnc(N)n2)c1.Cc1cc(Nc2cccc(S(N)(=O)=O)c2)nc(N)n1.Cl.Cl.Cl.Cl.Cl.Cl.Cl.NC(=O)c1cccc(Nc2ccnc(N)n2)c1.Nc1nccc(N2CCc3ccccc32)n1.Nc1nccc(Nc2cc(S(N)(=O)=O)ccc2O)n1. The first kappa shape index (κ1) is 113. The summed E-state index contributed by atoms with van der Waals surface area (Å²) >= 11 is 0. The van der Waals surface area contributed by atoms with Gasteiger partial charge < -0.3 is 98.0 Å². The number of rotatable bonds is 18. The average Bonchev–Trinajstić information content (AvgIpc) is 1.62. The molecule has 0 saturated heterocycles. The van der Waals surface area contributed by atoms with Crippen molar-refractivity contribution in [1.82, 2.24) is 69.8 Å². The molecule has 16 rings (SSSR count). The van der Waals surface area contributed by atoms with Gasteiger partial charge in [-0.05, 0) is 176 Å². The number of aromatic nitrogens is 14. The second kappa shape index (κ2) is 53.0. The predicted molar refractivity (Wildman–Crippen MR) is 538 cm³/mol. The summed E-state index contributed by atoms with van der Waals surface area (Å²) in [6, 6.07) is 56.5. The van der Waals surface area contributed by atoms with Crippen LogP contribution < -0.4 is 103 Å². The summed E-state index contributed by atoms with van der Waals surface area (Å²) in [5.41, 5.74) is 54.0. The van der Waals surface area contributed by atoms with Gasteiger partial charge in [0.05, 0.1) is 20.4 Å². The van der Waals surface area contributed by atoms with Crippen LogP contribution in [0.25, 0.3) is 0 Å². The summed E-state index contributed by atoms with van der Waals surface area (Å²) in [6.45, 7) is 6.53. The number of carbonyl (C=O) groups is 3. The number of carbonyl (C=O) groups excluding carboxylic acids is 3. The molecule has 710 valence electrons. The van der Waals surface area contributed by atoms with Crippen molar-refractivity contribution in [1.29, 1.82) is 0 Å². The number of anilines is 23. The number of primary amides is 1. The summed E-state index contributed by atoms with van der Waals surface area (Å²) < 4.78 is 67.8. The molecule has 7 aromatic carbocycles. The zero-order chi connectivity index (χ0) is 91.5. The van der Waals surface area contributed by atoms with Crippen LogP contribution in [0.15, 0.2) is 252 Å². The second-order valence-electron chi connectivity index (χ2n) is 26.9. The molecule has 43 nitrogen and oxygen atoms in total. The van der Waals surface area contributed by atoms with Crippen LogP contribution in [-0.2, 0) is 52.3 Å². The highest BCUT2D eigenvalue weighted by molar-refractivity contribution is 7.90. The van der Waals surface area contributed by atoms with Gasteiger partial charge in [0.2, 0.25) is 79.4 Å². The first-order valence-corrected chi connectivity index (χ1v) is 42.5. The van der Waals surface area contributed by atoms with E-state index in [1.165, 1.54) is 84.7 Å². The van der Waals surface area contributed by atoms with Crippen molar-refractivity contribution in [3.8, 4) is 5.75 Å². The summed E-state index contributed by atoms with van der Waals surface area (Å²) in [4.78, 5) is 92.6. The number of aryl methyl sites for hydroxylation is 1. The van der Waals surface area contributed by atoms with Gasteiger partial charge in [-0.2, -0.15) is 34.9 Å². The number of nitrogens with one attached hydrogen (secondary N) is 7. The number of phenolic OH excluding ortho intramolecular Hbond substituents is 1. The van der Waals surface area contributed by atoms with Crippen LogP contribution in [0.5, 0.6) is 5.75 Å². The Kier molecular flexibility index (Phi) is 44.9. The van der Waals surface area contributed by atoms with Gasteiger partial charge >= 0.3 is 0 Å². The molecular formula is C81H94Cl7N33O10S3. The van der Waals surface area contributed by atoms with Gasteiger partial charge in [-0.1, -0.05) is 48.5 Å². The zero-order valence-electron chi connectivity index (χ0n) is 71.0. The van der Waals surface area contributed by atoms with Crippen LogP contribution in [0.1, 0.15) is 41.0 Å². The number of aromatic hydroxyl groups is 1. The minimum absolute atomic E-state index is 0. The number of sulfonamides is 2. The van der Waals surface area contributed by atoms with Crippen LogP contribution >= 0.6 is 86.8 Å². The number of nitrogens with zero attached hydrogens (tertiary/aromatic N) is 16. The number of amides is 3. The molecule has 14 aromatic rings. The Labute approximate surface area is 813 Å². The molecule has 7 aromatic heterocycles. The zero-order valence-corrected chi connectivity index (χ0v) is 79.1. The number of sulfone groups is 1. The van der Waals surface area contributed by atoms with Crippen molar-refractivity contribution in [3.63, 3.8) is 0 Å². The molecule has 0 atom stereocenters. The molecule has 0 aliphatic carbocycles. The molecule has 0 fully saturated rings. The molecule has 53 heteroatoms. The van der Waals surface area contributed by atoms with E-state index in [9.17, 15) is 44.7 Å². The van der Waals surface area contributed by atoms with Gasteiger partial charge in [-0.15, -0.1) is 86.8 Å². The van der Waals surface area contributed by atoms with Crippen molar-refractivity contribution in [2.45, 2.75) is 48.3 Å². The third-order valence-electron chi connectivity index (χ3n) is 17.1. The Hall–Kier alpha value is -14.7. The minimum atomic E-state index is -3.85. The molecule has 0 unspecified atom stereocenters. The number of hydrogen-bond donors (Lipinski definition) is 18. The van der Waals surface area contributed by atoms with Gasteiger partial charge in [-0.25, -0.2) is 70.4 Å². The number of benzene rings is 7. The molecule has 3 amide bonds. The van der Waals surface area contributed by atoms with E-state index in [0.29, 0.717) is 69.2 Å².